The molecule has 0 bridgehead atoms. The normalized spacial score (nSPS) is 11.2. The highest BCUT2D eigenvalue weighted by Crippen LogP contribution is 2.41. The van der Waals surface area contributed by atoms with Gasteiger partial charge in [-0.05, 0) is 34.4 Å². The van der Waals surface area contributed by atoms with E-state index in [1.165, 1.54) is 0 Å². The van der Waals surface area contributed by atoms with E-state index in [1.54, 1.807) is 0 Å². The minimum absolute atomic E-state index is 0.133. The van der Waals surface area contributed by atoms with Gasteiger partial charge in [0, 0.05) is 21.8 Å². The van der Waals surface area contributed by atoms with Crippen molar-refractivity contribution in [2.75, 3.05) is 16.0 Å². The molecule has 1 aromatic heterocycles. The lowest BCUT2D eigenvalue weighted by Crippen LogP contribution is -2.17. The van der Waals surface area contributed by atoms with Crippen LogP contribution in [0, 0.1) is 0 Å². The lowest BCUT2D eigenvalue weighted by Gasteiger charge is -2.26. The molecule has 0 amide bonds. The van der Waals surface area contributed by atoms with E-state index in [0.29, 0.717) is 11.9 Å². The first-order chi connectivity index (χ1) is 19.2. The summed E-state index contributed by atoms with van der Waals surface area (Å²) in [5, 5.41) is 9.99. The largest absolute Gasteiger partial charge is 0.368 e. The maximum Gasteiger partial charge on any atom is 0.241 e. The van der Waals surface area contributed by atoms with E-state index in [2.05, 4.69) is 99.0 Å². The third-order valence-electron chi connectivity index (χ3n) is 6.89. The molecule has 0 aliphatic heterocycles. The topological polar surface area (TPSA) is 80.0 Å². The SMILES string of the molecule is Nc1nc(Nc2cccc3ccccc23)nc(N(c2cccc3ccccc23)c2cccc3ccccc23)n1. The minimum Gasteiger partial charge on any atom is -0.368 e. The summed E-state index contributed by atoms with van der Waals surface area (Å²) in [6.45, 7) is 0. The van der Waals surface area contributed by atoms with E-state index < -0.39 is 0 Å². The fraction of sp³-hybridized carbons (Fsp3) is 0. The lowest BCUT2D eigenvalue weighted by atomic mass is 10.0. The first-order valence-electron chi connectivity index (χ1n) is 12.8. The van der Waals surface area contributed by atoms with Gasteiger partial charge in [-0.3, -0.25) is 4.90 Å². The predicted octanol–water partition coefficient (Wildman–Crippen LogP) is 8.13. The number of nitrogens with one attached hydrogen (secondary N) is 1. The quantitative estimate of drug-likeness (QED) is 0.246. The molecule has 0 aliphatic carbocycles. The first kappa shape index (κ1) is 22.7. The van der Waals surface area contributed by atoms with Gasteiger partial charge in [0.2, 0.25) is 17.8 Å². The summed E-state index contributed by atoms with van der Waals surface area (Å²) in [5.41, 5.74) is 9.11. The average Bonchev–Trinajstić information content (AvgIpc) is 2.98. The molecular weight excluding hydrogens is 480 g/mol. The number of nitrogens with two attached hydrogens (primary N) is 1. The van der Waals surface area contributed by atoms with Gasteiger partial charge in [-0.1, -0.05) is 109 Å². The Hall–Kier alpha value is -5.49. The average molecular weight is 505 g/mol. The Balaban J connectivity index is 1.44. The molecule has 39 heavy (non-hydrogen) atoms. The highest BCUT2D eigenvalue weighted by atomic mass is 15.3. The molecule has 0 aliphatic rings. The Kier molecular flexibility index (Phi) is 5.49. The van der Waals surface area contributed by atoms with Gasteiger partial charge >= 0.3 is 0 Å². The van der Waals surface area contributed by atoms with Crippen LogP contribution in [0.2, 0.25) is 0 Å². The monoisotopic (exact) mass is 504 g/mol. The van der Waals surface area contributed by atoms with Crippen LogP contribution in [0.25, 0.3) is 32.3 Å². The van der Waals surface area contributed by atoms with Crippen LogP contribution in [0.15, 0.2) is 127 Å². The molecule has 3 N–H and O–H groups in total. The summed E-state index contributed by atoms with van der Waals surface area (Å²) >= 11 is 0. The maximum absolute atomic E-state index is 6.32. The molecule has 0 spiro atoms. The van der Waals surface area contributed by atoms with Gasteiger partial charge in [-0.2, -0.15) is 15.0 Å². The molecule has 0 radical (unpaired) electrons. The number of fused-ring (bicyclic) bond motifs is 3. The molecule has 186 valence electrons. The van der Waals surface area contributed by atoms with E-state index >= 15 is 0 Å². The second kappa shape index (κ2) is 9.43. The van der Waals surface area contributed by atoms with E-state index in [-0.39, 0.29) is 5.95 Å². The number of nitrogens with zero attached hydrogens (tertiary/aromatic N) is 4. The highest BCUT2D eigenvalue weighted by Gasteiger charge is 2.21. The zero-order chi connectivity index (χ0) is 26.2. The second-order valence-corrected chi connectivity index (χ2v) is 9.30. The number of hydrogen-bond acceptors (Lipinski definition) is 6. The van der Waals surface area contributed by atoms with Gasteiger partial charge < -0.3 is 11.1 Å². The van der Waals surface area contributed by atoms with Gasteiger partial charge in [-0.15, -0.1) is 0 Å². The molecule has 0 fully saturated rings. The van der Waals surface area contributed by atoms with Crippen LogP contribution in [0.4, 0.5) is 34.9 Å². The van der Waals surface area contributed by atoms with Crippen molar-refractivity contribution in [1.29, 1.82) is 0 Å². The number of anilines is 6. The minimum atomic E-state index is 0.133. The first-order valence-corrected chi connectivity index (χ1v) is 12.8. The van der Waals surface area contributed by atoms with E-state index in [0.717, 1.165) is 49.4 Å². The van der Waals surface area contributed by atoms with Crippen molar-refractivity contribution in [3.05, 3.63) is 127 Å². The summed E-state index contributed by atoms with van der Waals surface area (Å²) in [7, 11) is 0. The number of hydrogen-bond donors (Lipinski definition) is 2. The Labute approximate surface area is 225 Å². The van der Waals surface area contributed by atoms with Crippen molar-refractivity contribution in [1.82, 2.24) is 15.0 Å². The number of nitrogen functional groups attached to an aromatic ring is 1. The van der Waals surface area contributed by atoms with E-state index in [1.807, 2.05) is 48.5 Å². The third kappa shape index (κ3) is 4.14. The van der Waals surface area contributed by atoms with Crippen molar-refractivity contribution in [2.45, 2.75) is 0 Å². The van der Waals surface area contributed by atoms with Crippen LogP contribution >= 0.6 is 0 Å². The molecule has 1 heterocycles. The fourth-order valence-electron chi connectivity index (χ4n) is 5.14. The molecule has 7 rings (SSSR count). The van der Waals surface area contributed by atoms with Crippen LogP contribution in [0.3, 0.4) is 0 Å². The second-order valence-electron chi connectivity index (χ2n) is 9.30. The van der Waals surface area contributed by atoms with Crippen LogP contribution in [-0.4, -0.2) is 15.0 Å². The van der Waals surface area contributed by atoms with Gasteiger partial charge in [0.1, 0.15) is 0 Å². The predicted molar refractivity (Wildman–Crippen MR) is 161 cm³/mol. The molecule has 0 saturated heterocycles. The molecular formula is C33H24N6. The van der Waals surface area contributed by atoms with Gasteiger partial charge in [-0.25, -0.2) is 0 Å². The standard InChI is InChI=1S/C33H24N6/c34-31-36-32(35-28-19-7-13-22-10-1-4-16-25(22)28)38-33(37-31)39(29-20-8-14-23-11-2-5-17-26(23)29)30-21-9-15-24-12-3-6-18-27(24)30/h1-21H,(H3,34,35,36,37,38). The third-order valence-corrected chi connectivity index (χ3v) is 6.89. The molecule has 6 aromatic carbocycles. The highest BCUT2D eigenvalue weighted by molar-refractivity contribution is 6.04. The van der Waals surface area contributed by atoms with Crippen LogP contribution in [0.5, 0.6) is 0 Å². The van der Waals surface area contributed by atoms with Crippen molar-refractivity contribution in [2.24, 2.45) is 0 Å². The van der Waals surface area contributed by atoms with Gasteiger partial charge in [0.05, 0.1) is 11.4 Å². The number of benzene rings is 6. The summed E-state index contributed by atoms with van der Waals surface area (Å²) in [6, 6.07) is 43.4. The summed E-state index contributed by atoms with van der Waals surface area (Å²) in [5.74, 6) is 0.936. The molecule has 0 atom stereocenters. The number of rotatable bonds is 5. The van der Waals surface area contributed by atoms with Gasteiger partial charge in [0.15, 0.2) is 0 Å². The maximum atomic E-state index is 6.32. The molecule has 0 saturated carbocycles. The zero-order valence-electron chi connectivity index (χ0n) is 21.0. The van der Waals surface area contributed by atoms with Crippen LogP contribution < -0.4 is 16.0 Å². The van der Waals surface area contributed by atoms with E-state index in [9.17, 15) is 0 Å². The van der Waals surface area contributed by atoms with Crippen molar-refractivity contribution >= 4 is 67.2 Å². The zero-order valence-corrected chi connectivity index (χ0v) is 21.0. The Morgan fingerprint density at radius 1 is 0.487 bits per heavy atom. The number of aromatic nitrogens is 3. The van der Waals surface area contributed by atoms with Gasteiger partial charge in [0.25, 0.3) is 0 Å². The Morgan fingerprint density at radius 3 is 1.59 bits per heavy atom. The molecule has 0 unspecified atom stereocenters. The summed E-state index contributed by atoms with van der Waals surface area (Å²) in [4.78, 5) is 16.1. The molecule has 7 aromatic rings. The molecule has 6 heteroatoms. The van der Waals surface area contributed by atoms with Crippen molar-refractivity contribution in [3.8, 4) is 0 Å². The fourth-order valence-corrected chi connectivity index (χ4v) is 5.14. The smallest absolute Gasteiger partial charge is 0.241 e. The van der Waals surface area contributed by atoms with Crippen molar-refractivity contribution in [3.63, 3.8) is 0 Å². The Bertz CT molecular complexity index is 1890. The molecule has 6 nitrogen and oxygen atoms in total. The van der Waals surface area contributed by atoms with Crippen molar-refractivity contribution < 1.29 is 0 Å². The summed E-state index contributed by atoms with van der Waals surface area (Å²) in [6.07, 6.45) is 0. The summed E-state index contributed by atoms with van der Waals surface area (Å²) < 4.78 is 0. The lowest BCUT2D eigenvalue weighted by molar-refractivity contribution is 1.03. The van der Waals surface area contributed by atoms with Crippen LogP contribution in [-0.2, 0) is 0 Å². The Morgan fingerprint density at radius 2 is 0.974 bits per heavy atom. The van der Waals surface area contributed by atoms with E-state index in [4.69, 9.17) is 10.7 Å². The van der Waals surface area contributed by atoms with Crippen LogP contribution in [0.1, 0.15) is 0 Å².